The lowest BCUT2D eigenvalue weighted by Gasteiger charge is -2.11. The van der Waals surface area contributed by atoms with Crippen LogP contribution >= 0.6 is 0 Å². The van der Waals surface area contributed by atoms with E-state index >= 15 is 0 Å². The van der Waals surface area contributed by atoms with Crippen molar-refractivity contribution in [3.05, 3.63) is 48.6 Å². The minimum absolute atomic E-state index is 0.353. The summed E-state index contributed by atoms with van der Waals surface area (Å²) in [5.74, 6) is 0.353. The summed E-state index contributed by atoms with van der Waals surface area (Å²) in [6.07, 6.45) is 3.86. The van der Waals surface area contributed by atoms with E-state index in [0.29, 0.717) is 5.92 Å². The topological polar surface area (TPSA) is 9.23 Å². The van der Waals surface area contributed by atoms with Crippen LogP contribution in [0.25, 0.3) is 0 Å². The van der Waals surface area contributed by atoms with Gasteiger partial charge in [-0.3, -0.25) is 0 Å². The lowest BCUT2D eigenvalue weighted by molar-refractivity contribution is 0.192. The Balaban J connectivity index is 2.50. The second-order valence-corrected chi connectivity index (χ2v) is 3.34. The fraction of sp³-hybridized carbons (Fsp3) is 0.385. The Kier molecular flexibility index (Phi) is 5.02. The van der Waals surface area contributed by atoms with Crippen molar-refractivity contribution in [3.63, 3.8) is 0 Å². The predicted octanol–water partition coefficient (Wildman–Crippen LogP) is 3.19. The molecule has 1 atom stereocenters. The lowest BCUT2D eigenvalue weighted by Crippen LogP contribution is -1.97. The van der Waals surface area contributed by atoms with E-state index in [1.165, 1.54) is 5.56 Å². The molecule has 0 aromatic heterocycles. The van der Waals surface area contributed by atoms with Crippen LogP contribution in [0.5, 0.6) is 0 Å². The molecule has 1 aromatic rings. The van der Waals surface area contributed by atoms with E-state index < -0.39 is 0 Å². The summed E-state index contributed by atoms with van der Waals surface area (Å²) < 4.78 is 5.02. The van der Waals surface area contributed by atoms with E-state index in [0.717, 1.165) is 19.4 Å². The van der Waals surface area contributed by atoms with Gasteiger partial charge in [0.2, 0.25) is 0 Å². The molecule has 0 saturated carbocycles. The van der Waals surface area contributed by atoms with Crippen molar-refractivity contribution in [2.45, 2.75) is 18.8 Å². The molecule has 14 heavy (non-hydrogen) atoms. The Morgan fingerprint density at radius 1 is 1.36 bits per heavy atom. The van der Waals surface area contributed by atoms with Gasteiger partial charge in [0.05, 0.1) is 0 Å². The Hall–Kier alpha value is -1.08. The normalized spacial score (nSPS) is 12.4. The van der Waals surface area contributed by atoms with Crippen LogP contribution in [-0.4, -0.2) is 13.7 Å². The van der Waals surface area contributed by atoms with Crippen LogP contribution in [-0.2, 0) is 4.74 Å². The molecule has 0 aliphatic rings. The van der Waals surface area contributed by atoms with Gasteiger partial charge in [0, 0.05) is 19.6 Å². The Labute approximate surface area is 86.4 Å². The largest absolute Gasteiger partial charge is 0.385 e. The van der Waals surface area contributed by atoms with Crippen LogP contribution < -0.4 is 0 Å². The molecule has 0 heterocycles. The van der Waals surface area contributed by atoms with Gasteiger partial charge in [-0.05, 0) is 18.4 Å². The summed E-state index contributed by atoms with van der Waals surface area (Å²) in [5, 5.41) is 0. The molecule has 0 fully saturated rings. The Morgan fingerprint density at radius 2 is 2.07 bits per heavy atom. The predicted molar refractivity (Wildman–Crippen MR) is 59.2 cm³/mol. The summed E-state index contributed by atoms with van der Waals surface area (Å²) in [6, 6.07) is 10.3. The first-order valence-electron chi connectivity index (χ1n) is 4.97. The van der Waals surface area contributed by atoms with Crippen LogP contribution in [0.2, 0.25) is 0 Å². The first-order chi connectivity index (χ1) is 6.88. The van der Waals surface area contributed by atoms with E-state index in [1.54, 1.807) is 13.2 Å². The number of allylic oxidation sites excluding steroid dienone is 1. The van der Waals surface area contributed by atoms with E-state index in [2.05, 4.69) is 12.1 Å². The van der Waals surface area contributed by atoms with Gasteiger partial charge >= 0.3 is 0 Å². The van der Waals surface area contributed by atoms with Crippen LogP contribution in [0, 0.1) is 6.58 Å². The maximum atomic E-state index is 5.62. The van der Waals surface area contributed by atoms with Crippen molar-refractivity contribution in [1.29, 1.82) is 0 Å². The minimum atomic E-state index is 0.353. The molecule has 0 spiro atoms. The zero-order chi connectivity index (χ0) is 10.2. The number of benzene rings is 1. The molecule has 1 radical (unpaired) electrons. The van der Waals surface area contributed by atoms with Crippen molar-refractivity contribution in [2.75, 3.05) is 13.7 Å². The van der Waals surface area contributed by atoms with E-state index in [9.17, 15) is 0 Å². The van der Waals surface area contributed by atoms with Gasteiger partial charge in [0.1, 0.15) is 0 Å². The quantitative estimate of drug-likeness (QED) is 0.624. The third kappa shape index (κ3) is 3.35. The highest BCUT2D eigenvalue weighted by molar-refractivity contribution is 5.22. The summed E-state index contributed by atoms with van der Waals surface area (Å²) >= 11 is 0. The van der Waals surface area contributed by atoms with Gasteiger partial charge in [-0.1, -0.05) is 43.0 Å². The Bertz CT molecular complexity index is 253. The summed E-state index contributed by atoms with van der Waals surface area (Å²) in [6.45, 7) is 6.42. The molecule has 0 amide bonds. The van der Waals surface area contributed by atoms with Crippen LogP contribution in [0.3, 0.4) is 0 Å². The zero-order valence-electron chi connectivity index (χ0n) is 8.65. The minimum Gasteiger partial charge on any atom is -0.385 e. The number of hydrogen-bond donors (Lipinski definition) is 0. The van der Waals surface area contributed by atoms with Crippen LogP contribution in [0.1, 0.15) is 24.3 Å². The number of rotatable bonds is 6. The first kappa shape index (κ1) is 11.0. The molecule has 75 valence electrons. The molecule has 1 rings (SSSR count). The fourth-order valence-electron chi connectivity index (χ4n) is 1.52. The molecule has 0 N–H and O–H groups in total. The van der Waals surface area contributed by atoms with Crippen LogP contribution in [0.4, 0.5) is 0 Å². The highest BCUT2D eigenvalue weighted by Crippen LogP contribution is 2.21. The van der Waals surface area contributed by atoms with Gasteiger partial charge < -0.3 is 4.74 Å². The molecule has 1 heteroatoms. The highest BCUT2D eigenvalue weighted by atomic mass is 16.5. The second-order valence-electron chi connectivity index (χ2n) is 3.34. The van der Waals surface area contributed by atoms with Gasteiger partial charge in [0.15, 0.2) is 0 Å². The van der Waals surface area contributed by atoms with Gasteiger partial charge in [0.25, 0.3) is 0 Å². The molecule has 0 aliphatic carbocycles. The number of ether oxygens (including phenoxy) is 1. The van der Waals surface area contributed by atoms with Crippen molar-refractivity contribution < 1.29 is 4.74 Å². The number of hydrogen-bond acceptors (Lipinski definition) is 1. The molecule has 1 unspecified atom stereocenters. The van der Waals surface area contributed by atoms with E-state index in [4.69, 9.17) is 11.3 Å². The summed E-state index contributed by atoms with van der Waals surface area (Å²) in [5.41, 5.74) is 1.28. The van der Waals surface area contributed by atoms with Crippen molar-refractivity contribution >= 4 is 0 Å². The Morgan fingerprint density at radius 3 is 2.64 bits per heavy atom. The summed E-state index contributed by atoms with van der Waals surface area (Å²) in [7, 11) is 1.73. The smallest absolute Gasteiger partial charge is 0.0462 e. The zero-order valence-corrected chi connectivity index (χ0v) is 8.65. The lowest BCUT2D eigenvalue weighted by atomic mass is 9.95. The van der Waals surface area contributed by atoms with Crippen molar-refractivity contribution in [1.82, 2.24) is 0 Å². The molecule has 0 bridgehead atoms. The maximum absolute atomic E-state index is 5.62. The average molecular weight is 189 g/mol. The van der Waals surface area contributed by atoms with E-state index in [1.807, 2.05) is 18.2 Å². The molecular weight excluding hydrogens is 172 g/mol. The molecule has 1 aromatic carbocycles. The standard InChI is InChI=1S/C13H17O/c1-3-12(10-7-11-14-2)13-8-5-4-6-9-13/h1,3-6,8-9,12H,7,10-11H2,2H3. The van der Waals surface area contributed by atoms with Gasteiger partial charge in [-0.2, -0.15) is 0 Å². The van der Waals surface area contributed by atoms with Crippen LogP contribution in [0.15, 0.2) is 36.4 Å². The molecule has 0 aliphatic heterocycles. The third-order valence-corrected chi connectivity index (χ3v) is 2.32. The van der Waals surface area contributed by atoms with E-state index in [-0.39, 0.29) is 0 Å². The van der Waals surface area contributed by atoms with Crippen molar-refractivity contribution in [2.24, 2.45) is 0 Å². The first-order valence-corrected chi connectivity index (χ1v) is 4.97. The molecule has 1 nitrogen and oxygen atoms in total. The fourth-order valence-corrected chi connectivity index (χ4v) is 1.52. The second kappa shape index (κ2) is 6.39. The number of methoxy groups -OCH3 is 1. The summed E-state index contributed by atoms with van der Waals surface area (Å²) in [4.78, 5) is 0. The molecule has 0 saturated heterocycles. The van der Waals surface area contributed by atoms with Gasteiger partial charge in [-0.25, -0.2) is 0 Å². The maximum Gasteiger partial charge on any atom is 0.0462 e. The average Bonchev–Trinajstić information content (AvgIpc) is 2.26. The molecular formula is C13H17O. The highest BCUT2D eigenvalue weighted by Gasteiger charge is 2.05. The SMILES string of the molecule is [CH]=CC(CCCOC)c1ccccc1. The third-order valence-electron chi connectivity index (χ3n) is 2.32. The van der Waals surface area contributed by atoms with Crippen molar-refractivity contribution in [3.8, 4) is 0 Å². The van der Waals surface area contributed by atoms with Gasteiger partial charge in [-0.15, -0.1) is 0 Å². The monoisotopic (exact) mass is 189 g/mol.